The number of hydrogen-bond donors (Lipinski definition) is 4. The molecule has 0 radical (unpaired) electrons. The number of rotatable bonds is 8. The van der Waals surface area contributed by atoms with Crippen molar-refractivity contribution in [2.45, 2.75) is 57.7 Å². The van der Waals surface area contributed by atoms with E-state index in [0.29, 0.717) is 25.9 Å². The number of nitrogens with one attached hydrogen (secondary N) is 1. The van der Waals surface area contributed by atoms with E-state index in [1.54, 1.807) is 0 Å². The third-order valence-electron chi connectivity index (χ3n) is 4.35. The van der Waals surface area contributed by atoms with Gasteiger partial charge in [-0.2, -0.15) is 0 Å². The highest BCUT2D eigenvalue weighted by molar-refractivity contribution is 5.66. The molecule has 6 heteroatoms. The first-order chi connectivity index (χ1) is 11.0. The summed E-state index contributed by atoms with van der Waals surface area (Å²) in [4.78, 5) is 15.7. The number of carboxylic acid groups (broad SMARTS) is 1. The molecule has 1 saturated carbocycles. The van der Waals surface area contributed by atoms with E-state index in [-0.39, 0.29) is 18.3 Å². The Hall–Kier alpha value is -1.55. The minimum Gasteiger partial charge on any atom is -0.481 e. The van der Waals surface area contributed by atoms with Crippen LogP contribution in [0.2, 0.25) is 0 Å². The number of carbonyl (C=O) groups is 1. The first-order valence-electron chi connectivity index (χ1n) is 8.21. The van der Waals surface area contributed by atoms with Crippen molar-refractivity contribution in [2.24, 2.45) is 11.8 Å². The average molecular weight is 323 g/mol. The normalized spacial score (nSPS) is 26.8. The van der Waals surface area contributed by atoms with Crippen molar-refractivity contribution in [3.8, 4) is 11.8 Å². The van der Waals surface area contributed by atoms with Gasteiger partial charge in [-0.15, -0.1) is 0 Å². The number of aliphatic hydroxyl groups excluding tert-OH is 2. The van der Waals surface area contributed by atoms with Crippen LogP contribution in [-0.2, 0) is 9.63 Å². The molecule has 0 heterocycles. The molecule has 128 valence electrons. The fourth-order valence-corrected chi connectivity index (χ4v) is 3.08. The lowest BCUT2D eigenvalue weighted by molar-refractivity contribution is -0.137. The van der Waals surface area contributed by atoms with Gasteiger partial charge in [0.2, 0.25) is 0 Å². The van der Waals surface area contributed by atoms with Crippen LogP contribution in [0.3, 0.4) is 0 Å². The molecule has 0 aromatic heterocycles. The Balaban J connectivity index is 1.80. The second-order valence-corrected chi connectivity index (χ2v) is 6.15. The van der Waals surface area contributed by atoms with Gasteiger partial charge in [-0.3, -0.25) is 15.1 Å². The average Bonchev–Trinajstić information content (AvgIpc) is 2.72. The molecule has 23 heavy (non-hydrogen) atoms. The lowest BCUT2D eigenvalue weighted by Crippen LogP contribution is -2.30. The fraction of sp³-hybridized carbons (Fsp3) is 0.706. The summed E-state index contributed by atoms with van der Waals surface area (Å²) in [6.45, 7) is 2.33. The van der Waals surface area contributed by atoms with Crippen molar-refractivity contribution < 1.29 is 25.0 Å². The fourth-order valence-electron chi connectivity index (χ4n) is 3.08. The van der Waals surface area contributed by atoms with Crippen LogP contribution in [0.25, 0.3) is 0 Å². The quantitative estimate of drug-likeness (QED) is 0.304. The Bertz CT molecular complexity index is 519. The second kappa shape index (κ2) is 8.34. The van der Waals surface area contributed by atoms with Gasteiger partial charge < -0.3 is 15.3 Å². The highest BCUT2D eigenvalue weighted by Crippen LogP contribution is 2.48. The monoisotopic (exact) mass is 323 g/mol. The smallest absolute Gasteiger partial charge is 0.303 e. The molecule has 0 spiro atoms. The van der Waals surface area contributed by atoms with Crippen LogP contribution in [0.5, 0.6) is 0 Å². The third kappa shape index (κ3) is 4.71. The van der Waals surface area contributed by atoms with E-state index in [0.717, 1.165) is 24.1 Å². The first kappa shape index (κ1) is 17.8. The van der Waals surface area contributed by atoms with Gasteiger partial charge in [-0.05, 0) is 31.3 Å². The minimum absolute atomic E-state index is 0.0900. The maximum Gasteiger partial charge on any atom is 0.303 e. The number of allylic oxidation sites excluding steroid dienone is 1. The number of hydrogen-bond acceptors (Lipinski definition) is 5. The molecular formula is C17H25NO5. The van der Waals surface area contributed by atoms with Crippen LogP contribution in [0.4, 0.5) is 0 Å². The van der Waals surface area contributed by atoms with Gasteiger partial charge in [0.1, 0.15) is 6.10 Å². The molecular weight excluding hydrogens is 298 g/mol. The van der Waals surface area contributed by atoms with Gasteiger partial charge in [0, 0.05) is 18.0 Å². The Morgan fingerprint density at radius 1 is 1.48 bits per heavy atom. The molecule has 0 bridgehead atoms. The Morgan fingerprint density at radius 3 is 2.96 bits per heavy atom. The molecule has 0 aromatic rings. The Labute approximate surface area is 136 Å². The van der Waals surface area contributed by atoms with Gasteiger partial charge >= 0.3 is 5.97 Å². The molecule has 1 fully saturated rings. The van der Waals surface area contributed by atoms with Crippen LogP contribution in [0.15, 0.2) is 11.3 Å². The topological polar surface area (TPSA) is 99.0 Å². The van der Waals surface area contributed by atoms with E-state index in [2.05, 4.69) is 17.3 Å². The largest absolute Gasteiger partial charge is 0.481 e. The number of aliphatic hydroxyl groups is 2. The SMILES string of the molecule is CCCC(O)C#CC1C(O)CC2=C(NOCCCC(=O)O)CC21. The zero-order valence-electron chi connectivity index (χ0n) is 13.4. The van der Waals surface area contributed by atoms with Crippen molar-refractivity contribution in [2.75, 3.05) is 6.61 Å². The molecule has 2 rings (SSSR count). The van der Waals surface area contributed by atoms with Crippen molar-refractivity contribution >= 4 is 5.97 Å². The summed E-state index contributed by atoms with van der Waals surface area (Å²) in [5, 5.41) is 28.4. The van der Waals surface area contributed by atoms with E-state index in [9.17, 15) is 15.0 Å². The highest BCUT2D eigenvalue weighted by Gasteiger charge is 2.45. The predicted molar refractivity (Wildman–Crippen MR) is 83.9 cm³/mol. The summed E-state index contributed by atoms with van der Waals surface area (Å²) in [6, 6.07) is 0. The lowest BCUT2D eigenvalue weighted by Gasteiger charge is -2.30. The number of hydroxylamine groups is 1. The molecule has 0 amide bonds. The summed E-state index contributed by atoms with van der Waals surface area (Å²) >= 11 is 0. The molecule has 4 N–H and O–H groups in total. The summed E-state index contributed by atoms with van der Waals surface area (Å²) in [7, 11) is 0. The van der Waals surface area contributed by atoms with Gasteiger partial charge in [0.05, 0.1) is 18.6 Å². The van der Waals surface area contributed by atoms with E-state index in [1.807, 2.05) is 6.92 Å². The lowest BCUT2D eigenvalue weighted by atomic mass is 9.79. The molecule has 4 atom stereocenters. The van der Waals surface area contributed by atoms with Crippen molar-refractivity contribution in [1.82, 2.24) is 5.48 Å². The molecule has 0 saturated heterocycles. The highest BCUT2D eigenvalue weighted by atomic mass is 16.6. The van der Waals surface area contributed by atoms with Crippen LogP contribution in [0, 0.1) is 23.7 Å². The van der Waals surface area contributed by atoms with Crippen LogP contribution >= 0.6 is 0 Å². The number of aliphatic carboxylic acids is 1. The van der Waals surface area contributed by atoms with Crippen molar-refractivity contribution in [1.29, 1.82) is 0 Å². The predicted octanol–water partition coefficient (Wildman–Crippen LogP) is 1.19. The Kier molecular flexibility index (Phi) is 6.46. The van der Waals surface area contributed by atoms with E-state index in [4.69, 9.17) is 9.94 Å². The van der Waals surface area contributed by atoms with Crippen LogP contribution < -0.4 is 5.48 Å². The van der Waals surface area contributed by atoms with Crippen LogP contribution in [0.1, 0.15) is 45.4 Å². The molecule has 2 aliphatic rings. The Morgan fingerprint density at radius 2 is 2.26 bits per heavy atom. The molecule has 0 aromatic carbocycles. The van der Waals surface area contributed by atoms with Crippen molar-refractivity contribution in [3.63, 3.8) is 0 Å². The first-order valence-corrected chi connectivity index (χ1v) is 8.21. The van der Waals surface area contributed by atoms with Gasteiger partial charge in [-0.1, -0.05) is 25.2 Å². The minimum atomic E-state index is -0.829. The van der Waals surface area contributed by atoms with Crippen molar-refractivity contribution in [3.05, 3.63) is 11.3 Å². The van der Waals surface area contributed by atoms with E-state index >= 15 is 0 Å². The number of carboxylic acids is 1. The maximum absolute atomic E-state index is 10.4. The summed E-state index contributed by atoms with van der Waals surface area (Å²) in [5.41, 5.74) is 4.98. The third-order valence-corrected chi connectivity index (χ3v) is 4.35. The van der Waals surface area contributed by atoms with Crippen LogP contribution in [-0.4, -0.2) is 40.1 Å². The summed E-state index contributed by atoms with van der Waals surface area (Å²) in [5.74, 6) is 5.17. The van der Waals surface area contributed by atoms with Gasteiger partial charge in [0.15, 0.2) is 0 Å². The standard InChI is InChI=1S/C17H25NO5/c1-2-4-11(19)6-7-12-13-9-15(14(13)10-16(12)20)18-23-8-3-5-17(21)22/h11-13,16,18-20H,2-5,8-10H2,1H3,(H,21,22). The molecule has 6 nitrogen and oxygen atoms in total. The van der Waals surface area contributed by atoms with Gasteiger partial charge in [-0.25, -0.2) is 0 Å². The summed E-state index contributed by atoms with van der Waals surface area (Å²) in [6.07, 6.45) is 2.32. The summed E-state index contributed by atoms with van der Waals surface area (Å²) < 4.78 is 0. The molecule has 4 unspecified atom stereocenters. The zero-order valence-corrected chi connectivity index (χ0v) is 13.4. The van der Waals surface area contributed by atoms with Gasteiger partial charge in [0.25, 0.3) is 0 Å². The zero-order chi connectivity index (χ0) is 16.8. The van der Waals surface area contributed by atoms with E-state index in [1.165, 1.54) is 0 Å². The second-order valence-electron chi connectivity index (χ2n) is 6.15. The molecule has 2 aliphatic carbocycles. The van der Waals surface area contributed by atoms with E-state index < -0.39 is 18.2 Å². The molecule has 0 aliphatic heterocycles. The maximum atomic E-state index is 10.4. The number of fused-ring (bicyclic) bond motifs is 1.